The monoisotopic (exact) mass is 349 g/mol. The van der Waals surface area contributed by atoms with Crippen LogP contribution in [0.5, 0.6) is 0 Å². The van der Waals surface area contributed by atoms with Gasteiger partial charge in [0.1, 0.15) is 5.69 Å². The Kier molecular flexibility index (Phi) is 4.64. The Labute approximate surface area is 142 Å². The predicted octanol–water partition coefficient (Wildman–Crippen LogP) is 3.01. The van der Waals surface area contributed by atoms with Gasteiger partial charge in [0.2, 0.25) is 0 Å². The van der Waals surface area contributed by atoms with Gasteiger partial charge < -0.3 is 5.32 Å². The molecule has 0 radical (unpaired) electrons. The van der Waals surface area contributed by atoms with Crippen LogP contribution in [0.15, 0.2) is 42.7 Å². The summed E-state index contributed by atoms with van der Waals surface area (Å²) in [7, 11) is 0. The number of hydrogen-bond acceptors (Lipinski definition) is 3. The number of aromatic amines is 1. The first-order valence-electron chi connectivity index (χ1n) is 6.89. The van der Waals surface area contributed by atoms with Crippen molar-refractivity contribution >= 4 is 29.1 Å². The Morgan fingerprint density at radius 2 is 2.00 bits per heavy atom. The highest BCUT2D eigenvalue weighted by atomic mass is 35.5. The van der Waals surface area contributed by atoms with Gasteiger partial charge in [0.05, 0.1) is 23.5 Å². The molecule has 118 valence electrons. The van der Waals surface area contributed by atoms with Crippen molar-refractivity contribution in [3.8, 4) is 11.3 Å². The fraction of sp³-hybridized carbons (Fsp3) is 0.133. The summed E-state index contributed by atoms with van der Waals surface area (Å²) in [5.74, 6) is -0.226. The summed E-state index contributed by atoms with van der Waals surface area (Å²) in [6.07, 6.45) is 3.25. The Morgan fingerprint density at radius 3 is 2.70 bits per heavy atom. The number of rotatable bonds is 5. The van der Waals surface area contributed by atoms with Gasteiger partial charge >= 0.3 is 0 Å². The van der Waals surface area contributed by atoms with Crippen LogP contribution in [0.25, 0.3) is 11.3 Å². The number of benzene rings is 1. The molecule has 0 fully saturated rings. The lowest BCUT2D eigenvalue weighted by Gasteiger charge is -2.03. The fourth-order valence-corrected chi connectivity index (χ4v) is 2.33. The highest BCUT2D eigenvalue weighted by Gasteiger charge is 2.10. The molecular weight excluding hydrogens is 337 g/mol. The van der Waals surface area contributed by atoms with Crippen molar-refractivity contribution in [1.82, 2.24) is 25.3 Å². The molecule has 1 amide bonds. The van der Waals surface area contributed by atoms with Gasteiger partial charge in [0.15, 0.2) is 0 Å². The largest absolute Gasteiger partial charge is 0.349 e. The second kappa shape index (κ2) is 6.85. The number of halogens is 2. The van der Waals surface area contributed by atoms with Crippen molar-refractivity contribution < 1.29 is 4.79 Å². The molecule has 0 saturated heterocycles. The zero-order valence-electron chi connectivity index (χ0n) is 12.0. The number of aromatic nitrogens is 4. The molecule has 0 unspecified atom stereocenters. The van der Waals surface area contributed by atoms with Crippen molar-refractivity contribution in [3.05, 3.63) is 58.5 Å². The first-order valence-corrected chi connectivity index (χ1v) is 7.65. The van der Waals surface area contributed by atoms with Crippen LogP contribution in [-0.4, -0.2) is 32.4 Å². The van der Waals surface area contributed by atoms with E-state index in [4.69, 9.17) is 23.2 Å². The highest BCUT2D eigenvalue weighted by Crippen LogP contribution is 2.20. The smallest absolute Gasteiger partial charge is 0.269 e. The summed E-state index contributed by atoms with van der Waals surface area (Å²) in [6.45, 7) is 0.975. The molecule has 0 atom stereocenters. The molecule has 23 heavy (non-hydrogen) atoms. The molecule has 0 aliphatic carbocycles. The number of hydrogen-bond donors (Lipinski definition) is 2. The second-order valence-electron chi connectivity index (χ2n) is 4.85. The van der Waals surface area contributed by atoms with E-state index in [1.54, 1.807) is 35.3 Å². The maximum Gasteiger partial charge on any atom is 0.269 e. The minimum Gasteiger partial charge on any atom is -0.349 e. The molecule has 8 heteroatoms. The van der Waals surface area contributed by atoms with Crippen molar-refractivity contribution in [2.24, 2.45) is 0 Å². The van der Waals surface area contributed by atoms with Crippen LogP contribution in [0.4, 0.5) is 0 Å². The van der Waals surface area contributed by atoms with Crippen molar-refractivity contribution in [1.29, 1.82) is 0 Å². The molecule has 3 aromatic rings. The van der Waals surface area contributed by atoms with Gasteiger partial charge in [-0.15, -0.1) is 0 Å². The van der Waals surface area contributed by atoms with Gasteiger partial charge in [-0.2, -0.15) is 10.2 Å². The van der Waals surface area contributed by atoms with E-state index in [0.29, 0.717) is 34.5 Å². The van der Waals surface area contributed by atoms with E-state index < -0.39 is 0 Å². The van der Waals surface area contributed by atoms with E-state index >= 15 is 0 Å². The topological polar surface area (TPSA) is 75.6 Å². The third-order valence-electron chi connectivity index (χ3n) is 3.19. The van der Waals surface area contributed by atoms with Gasteiger partial charge in [-0.25, -0.2) is 0 Å². The van der Waals surface area contributed by atoms with Gasteiger partial charge in [-0.3, -0.25) is 14.6 Å². The lowest BCUT2D eigenvalue weighted by molar-refractivity contribution is 0.0947. The summed E-state index contributed by atoms with van der Waals surface area (Å²) in [5.41, 5.74) is 1.97. The lowest BCUT2D eigenvalue weighted by Crippen LogP contribution is -2.27. The molecule has 0 spiro atoms. The van der Waals surface area contributed by atoms with Gasteiger partial charge in [-0.05, 0) is 18.2 Å². The molecule has 3 rings (SSSR count). The summed E-state index contributed by atoms with van der Waals surface area (Å²) in [6, 6.07) is 8.95. The van der Waals surface area contributed by atoms with Crippen LogP contribution in [0.1, 0.15) is 10.5 Å². The van der Waals surface area contributed by atoms with Gasteiger partial charge in [-0.1, -0.05) is 35.3 Å². The van der Waals surface area contributed by atoms with Crippen LogP contribution in [0.3, 0.4) is 0 Å². The predicted molar refractivity (Wildman–Crippen MR) is 88.6 cm³/mol. The first kappa shape index (κ1) is 15.6. The zero-order valence-corrected chi connectivity index (χ0v) is 13.5. The van der Waals surface area contributed by atoms with Crippen LogP contribution in [0.2, 0.25) is 10.0 Å². The molecule has 2 aromatic heterocycles. The summed E-state index contributed by atoms with van der Waals surface area (Å²) >= 11 is 11.6. The summed E-state index contributed by atoms with van der Waals surface area (Å²) in [5, 5.41) is 14.9. The van der Waals surface area contributed by atoms with E-state index in [2.05, 4.69) is 20.6 Å². The average Bonchev–Trinajstić information content (AvgIpc) is 3.17. The highest BCUT2D eigenvalue weighted by molar-refractivity contribution is 6.30. The molecular formula is C15H13Cl2N5O. The normalized spacial score (nSPS) is 10.7. The maximum atomic E-state index is 12.1. The van der Waals surface area contributed by atoms with E-state index in [-0.39, 0.29) is 5.91 Å². The molecule has 1 aromatic carbocycles. The first-order chi connectivity index (χ1) is 11.1. The Balaban J connectivity index is 1.58. The van der Waals surface area contributed by atoms with E-state index in [1.807, 2.05) is 12.1 Å². The van der Waals surface area contributed by atoms with Crippen LogP contribution >= 0.6 is 23.2 Å². The van der Waals surface area contributed by atoms with E-state index in [9.17, 15) is 4.79 Å². The molecule has 0 bridgehead atoms. The minimum atomic E-state index is -0.226. The van der Waals surface area contributed by atoms with Gasteiger partial charge in [0, 0.05) is 23.3 Å². The number of carbonyl (C=O) groups excluding carboxylic acids is 1. The number of nitrogens with zero attached hydrogens (tertiary/aromatic N) is 3. The van der Waals surface area contributed by atoms with Crippen LogP contribution in [-0.2, 0) is 6.54 Å². The quantitative estimate of drug-likeness (QED) is 0.743. The molecule has 6 nitrogen and oxygen atoms in total. The van der Waals surface area contributed by atoms with Gasteiger partial charge in [0.25, 0.3) is 5.91 Å². The van der Waals surface area contributed by atoms with E-state index in [1.165, 1.54) is 0 Å². The van der Waals surface area contributed by atoms with Crippen LogP contribution < -0.4 is 5.32 Å². The molecule has 0 aliphatic heterocycles. The Hall–Kier alpha value is -2.31. The average molecular weight is 350 g/mol. The number of carbonyl (C=O) groups is 1. The number of amides is 1. The third kappa shape index (κ3) is 3.91. The standard InChI is InChI=1S/C15H13Cl2N5O/c16-11-3-1-10(2-4-11)13-7-14(21-20-13)15(23)18-5-6-22-9-12(17)8-19-22/h1-4,7-9H,5-6H2,(H,18,23)(H,20,21). The Bertz CT molecular complexity index is 809. The Morgan fingerprint density at radius 1 is 1.22 bits per heavy atom. The third-order valence-corrected chi connectivity index (χ3v) is 3.64. The summed E-state index contributed by atoms with van der Waals surface area (Å²) in [4.78, 5) is 12.1. The zero-order chi connectivity index (χ0) is 16.2. The number of nitrogens with one attached hydrogen (secondary N) is 2. The SMILES string of the molecule is O=C(NCCn1cc(Cl)cn1)c1cc(-c2ccc(Cl)cc2)n[nH]1. The fourth-order valence-electron chi connectivity index (χ4n) is 2.05. The molecule has 0 aliphatic rings. The van der Waals surface area contributed by atoms with Crippen LogP contribution in [0, 0.1) is 0 Å². The summed E-state index contributed by atoms with van der Waals surface area (Å²) < 4.78 is 1.66. The minimum absolute atomic E-state index is 0.226. The second-order valence-corrected chi connectivity index (χ2v) is 5.72. The molecule has 2 heterocycles. The van der Waals surface area contributed by atoms with Crippen molar-refractivity contribution in [2.75, 3.05) is 6.54 Å². The van der Waals surface area contributed by atoms with Crippen molar-refractivity contribution in [3.63, 3.8) is 0 Å². The molecule has 0 saturated carbocycles. The molecule has 2 N–H and O–H groups in total. The van der Waals surface area contributed by atoms with E-state index in [0.717, 1.165) is 5.56 Å². The number of H-pyrrole nitrogens is 1. The maximum absolute atomic E-state index is 12.1. The lowest BCUT2D eigenvalue weighted by atomic mass is 10.1. The van der Waals surface area contributed by atoms with Crippen molar-refractivity contribution in [2.45, 2.75) is 6.54 Å².